The minimum Gasteiger partial charge on any atom is -0.300 e. The van der Waals surface area contributed by atoms with Gasteiger partial charge in [-0.05, 0) is 26.8 Å². The number of carbonyl (C=O) groups excluding carboxylic acids is 1. The molecular formula is C8H16INO. The molecule has 11 heavy (non-hydrogen) atoms. The third kappa shape index (κ3) is 6.75. The Kier molecular flexibility index (Phi) is 6.14. The van der Waals surface area contributed by atoms with Gasteiger partial charge in [-0.25, -0.2) is 0 Å². The lowest BCUT2D eigenvalue weighted by Gasteiger charge is -2.09. The van der Waals surface area contributed by atoms with E-state index < -0.39 is 0 Å². The molecule has 0 aromatic heterocycles. The number of carbonyl (C=O) groups is 1. The number of ketones is 1. The van der Waals surface area contributed by atoms with Crippen LogP contribution in [0.5, 0.6) is 0 Å². The molecule has 0 heterocycles. The van der Waals surface area contributed by atoms with Crippen molar-refractivity contribution < 1.29 is 4.79 Å². The minimum absolute atomic E-state index is 0.242. The largest absolute Gasteiger partial charge is 0.300 e. The van der Waals surface area contributed by atoms with E-state index in [0.717, 1.165) is 19.4 Å². The summed E-state index contributed by atoms with van der Waals surface area (Å²) in [6.45, 7) is 4.73. The van der Waals surface area contributed by atoms with E-state index in [9.17, 15) is 4.79 Å². The average molecular weight is 269 g/mol. The smallest absolute Gasteiger partial charge is 0.132 e. The summed E-state index contributed by atoms with van der Waals surface area (Å²) in [6.07, 6.45) is 2.13. The van der Waals surface area contributed by atoms with Crippen molar-refractivity contribution in [3.63, 3.8) is 0 Å². The van der Waals surface area contributed by atoms with Crippen LogP contribution < -0.4 is 0 Å². The van der Waals surface area contributed by atoms with Gasteiger partial charge in [-0.15, -0.1) is 0 Å². The van der Waals surface area contributed by atoms with E-state index >= 15 is 0 Å². The Morgan fingerprint density at radius 1 is 1.64 bits per heavy atom. The molecule has 0 saturated carbocycles. The molecule has 0 amide bonds. The highest BCUT2D eigenvalue weighted by molar-refractivity contribution is 14.1. The van der Waals surface area contributed by atoms with E-state index in [1.54, 1.807) is 6.92 Å². The first-order valence-electron chi connectivity index (χ1n) is 3.91. The van der Waals surface area contributed by atoms with Crippen molar-refractivity contribution in [2.75, 3.05) is 13.6 Å². The van der Waals surface area contributed by atoms with Crippen molar-refractivity contribution in [3.8, 4) is 0 Å². The van der Waals surface area contributed by atoms with Gasteiger partial charge in [0, 0.05) is 35.3 Å². The highest BCUT2D eigenvalue weighted by Gasteiger charge is 2.06. The van der Waals surface area contributed by atoms with Crippen LogP contribution in [-0.4, -0.2) is 22.5 Å². The van der Waals surface area contributed by atoms with Gasteiger partial charge in [0.05, 0.1) is 0 Å². The summed E-state index contributed by atoms with van der Waals surface area (Å²) in [4.78, 5) is 10.8. The summed E-state index contributed by atoms with van der Waals surface area (Å²) in [7, 11) is 2.04. The molecule has 0 aliphatic heterocycles. The normalized spacial score (nSPS) is 13.5. The van der Waals surface area contributed by atoms with Gasteiger partial charge in [-0.1, -0.05) is 6.92 Å². The van der Waals surface area contributed by atoms with Gasteiger partial charge in [-0.3, -0.25) is 7.91 Å². The number of halogens is 1. The molecule has 0 radical (unpaired) electrons. The van der Waals surface area contributed by atoms with Crippen molar-refractivity contribution in [1.82, 2.24) is 3.11 Å². The number of hydrogen-bond acceptors (Lipinski definition) is 2. The maximum atomic E-state index is 10.8. The van der Waals surface area contributed by atoms with E-state index in [0.29, 0.717) is 5.78 Å². The first-order valence-corrected chi connectivity index (χ1v) is 4.88. The third-order valence-electron chi connectivity index (χ3n) is 1.80. The summed E-state index contributed by atoms with van der Waals surface area (Å²) < 4.78 is 2.12. The molecule has 2 nitrogen and oxygen atoms in total. The van der Waals surface area contributed by atoms with E-state index in [-0.39, 0.29) is 5.92 Å². The van der Waals surface area contributed by atoms with Gasteiger partial charge in [0.15, 0.2) is 0 Å². The van der Waals surface area contributed by atoms with Crippen LogP contribution in [0.4, 0.5) is 0 Å². The maximum absolute atomic E-state index is 10.8. The summed E-state index contributed by atoms with van der Waals surface area (Å²) in [5, 5.41) is 0. The highest BCUT2D eigenvalue weighted by atomic mass is 127. The van der Waals surface area contributed by atoms with Crippen LogP contribution in [0.25, 0.3) is 0 Å². The monoisotopic (exact) mass is 269 g/mol. The van der Waals surface area contributed by atoms with Crippen LogP contribution >= 0.6 is 22.9 Å². The molecule has 0 bridgehead atoms. The molecule has 0 aromatic rings. The molecule has 0 aliphatic rings. The first kappa shape index (κ1) is 11.4. The SMILES string of the molecule is CC(=O)C(C)CCCN(C)I. The van der Waals surface area contributed by atoms with E-state index in [4.69, 9.17) is 0 Å². The molecule has 0 saturated heterocycles. The fourth-order valence-corrected chi connectivity index (χ4v) is 1.16. The molecule has 0 aliphatic carbocycles. The molecule has 0 rings (SSSR count). The average Bonchev–Trinajstić information content (AvgIpc) is 1.86. The standard InChI is InChI=1S/C8H16INO/c1-7(8(2)11)5-4-6-10(3)9/h7H,4-6H2,1-3H3. The number of rotatable bonds is 5. The van der Waals surface area contributed by atoms with E-state index in [1.165, 1.54) is 0 Å². The number of hydrogen-bond donors (Lipinski definition) is 0. The van der Waals surface area contributed by atoms with Gasteiger partial charge in [0.2, 0.25) is 0 Å². The third-order valence-corrected chi connectivity index (χ3v) is 2.28. The van der Waals surface area contributed by atoms with Crippen molar-refractivity contribution in [2.45, 2.75) is 26.7 Å². The summed E-state index contributed by atoms with van der Waals surface area (Å²) in [5.41, 5.74) is 0. The topological polar surface area (TPSA) is 20.3 Å². The van der Waals surface area contributed by atoms with Crippen molar-refractivity contribution in [2.24, 2.45) is 5.92 Å². The van der Waals surface area contributed by atoms with E-state index in [1.807, 2.05) is 14.0 Å². The number of Topliss-reactive ketones (excluding diaryl/α,β-unsaturated/α-hetero) is 1. The Morgan fingerprint density at radius 2 is 2.18 bits per heavy atom. The van der Waals surface area contributed by atoms with Crippen LogP contribution in [-0.2, 0) is 4.79 Å². The predicted octanol–water partition coefficient (Wildman–Crippen LogP) is 2.27. The molecule has 0 aromatic carbocycles. The molecule has 0 spiro atoms. The zero-order chi connectivity index (χ0) is 8.85. The Balaban J connectivity index is 3.31. The maximum Gasteiger partial charge on any atom is 0.132 e. The second kappa shape index (κ2) is 5.94. The quantitative estimate of drug-likeness (QED) is 0.563. The lowest BCUT2D eigenvalue weighted by Crippen LogP contribution is -2.11. The Hall–Kier alpha value is 0.360. The summed E-state index contributed by atoms with van der Waals surface area (Å²) in [6, 6.07) is 0. The fourth-order valence-electron chi connectivity index (χ4n) is 0.819. The second-order valence-electron chi connectivity index (χ2n) is 2.98. The highest BCUT2D eigenvalue weighted by Crippen LogP contribution is 2.07. The summed E-state index contributed by atoms with van der Waals surface area (Å²) in [5.74, 6) is 0.549. The first-order chi connectivity index (χ1) is 5.04. The lowest BCUT2D eigenvalue weighted by atomic mass is 10.0. The Morgan fingerprint density at radius 3 is 2.55 bits per heavy atom. The lowest BCUT2D eigenvalue weighted by molar-refractivity contribution is -0.120. The van der Waals surface area contributed by atoms with Crippen LogP contribution in [0.2, 0.25) is 0 Å². The molecule has 66 valence electrons. The molecule has 1 unspecified atom stereocenters. The van der Waals surface area contributed by atoms with Crippen LogP contribution in [0.3, 0.4) is 0 Å². The van der Waals surface area contributed by atoms with Crippen molar-refractivity contribution >= 4 is 28.6 Å². The molecule has 0 fully saturated rings. The van der Waals surface area contributed by atoms with Gasteiger partial charge >= 0.3 is 0 Å². The molecular weight excluding hydrogens is 253 g/mol. The Labute approximate surface area is 82.8 Å². The summed E-state index contributed by atoms with van der Waals surface area (Å²) >= 11 is 2.25. The molecule has 0 N–H and O–H groups in total. The predicted molar refractivity (Wildman–Crippen MR) is 55.7 cm³/mol. The van der Waals surface area contributed by atoms with Crippen LogP contribution in [0, 0.1) is 5.92 Å². The fraction of sp³-hybridized carbons (Fsp3) is 0.875. The molecule has 3 heteroatoms. The minimum atomic E-state index is 0.242. The Bertz CT molecular complexity index is 125. The van der Waals surface area contributed by atoms with Crippen LogP contribution in [0.15, 0.2) is 0 Å². The van der Waals surface area contributed by atoms with Gasteiger partial charge in [0.25, 0.3) is 0 Å². The van der Waals surface area contributed by atoms with Gasteiger partial charge < -0.3 is 0 Å². The van der Waals surface area contributed by atoms with Crippen molar-refractivity contribution in [3.05, 3.63) is 0 Å². The van der Waals surface area contributed by atoms with E-state index in [2.05, 4.69) is 26.0 Å². The molecule has 1 atom stereocenters. The second-order valence-corrected chi connectivity index (χ2v) is 4.63. The van der Waals surface area contributed by atoms with Gasteiger partial charge in [-0.2, -0.15) is 0 Å². The zero-order valence-corrected chi connectivity index (χ0v) is 9.59. The van der Waals surface area contributed by atoms with Crippen molar-refractivity contribution in [1.29, 1.82) is 0 Å². The number of nitrogens with zero attached hydrogens (tertiary/aromatic N) is 1. The van der Waals surface area contributed by atoms with Gasteiger partial charge in [0.1, 0.15) is 5.78 Å². The van der Waals surface area contributed by atoms with Crippen LogP contribution in [0.1, 0.15) is 26.7 Å². The zero-order valence-electron chi connectivity index (χ0n) is 7.43.